The smallest absolute Gasteiger partial charge is 0.244 e. The summed E-state index contributed by atoms with van der Waals surface area (Å²) in [6.45, 7) is 2.46. The fourth-order valence-electron chi connectivity index (χ4n) is 3.38. The van der Waals surface area contributed by atoms with Gasteiger partial charge in [-0.15, -0.1) is 0 Å². The van der Waals surface area contributed by atoms with E-state index >= 15 is 0 Å². The van der Waals surface area contributed by atoms with Crippen molar-refractivity contribution in [3.63, 3.8) is 0 Å². The Morgan fingerprint density at radius 1 is 0.897 bits per heavy atom. The summed E-state index contributed by atoms with van der Waals surface area (Å²) in [6.07, 6.45) is 0. The first-order chi connectivity index (χ1) is 14.0. The van der Waals surface area contributed by atoms with Crippen LogP contribution in [0.1, 0.15) is 6.92 Å². The van der Waals surface area contributed by atoms with E-state index in [-0.39, 0.29) is 22.2 Å². The standard InChI is InChI=1S/C22H20N2O4S/c1-2-28-17-13-11-16(12-14-17)23-22(25)15-24-18-7-3-5-9-20(18)29(26,27)21-10-6-4-8-19(21)24/h3-14H,2,15H2,1H3,(H,23,25). The molecule has 4 rings (SSSR count). The van der Waals surface area contributed by atoms with Gasteiger partial charge in [-0.1, -0.05) is 24.3 Å². The Bertz CT molecular complexity index is 1100. The third kappa shape index (κ3) is 3.56. The zero-order valence-corrected chi connectivity index (χ0v) is 16.6. The van der Waals surface area contributed by atoms with Crippen LogP contribution in [0.15, 0.2) is 82.6 Å². The highest BCUT2D eigenvalue weighted by Gasteiger charge is 2.34. The second-order valence-corrected chi connectivity index (χ2v) is 8.42. The molecule has 0 atom stereocenters. The number of para-hydroxylation sites is 2. The first-order valence-corrected chi connectivity index (χ1v) is 10.7. The van der Waals surface area contributed by atoms with Gasteiger partial charge < -0.3 is 15.0 Å². The Morgan fingerprint density at radius 3 is 2.00 bits per heavy atom. The first kappa shape index (κ1) is 19.0. The average Bonchev–Trinajstić information content (AvgIpc) is 2.73. The molecule has 3 aromatic rings. The Hall–Kier alpha value is -3.32. The van der Waals surface area contributed by atoms with Crippen LogP contribution in [0.25, 0.3) is 0 Å². The molecule has 0 radical (unpaired) electrons. The van der Waals surface area contributed by atoms with Gasteiger partial charge in [0.05, 0.1) is 27.8 Å². The Labute approximate surface area is 169 Å². The van der Waals surface area contributed by atoms with Crippen molar-refractivity contribution < 1.29 is 17.9 Å². The lowest BCUT2D eigenvalue weighted by atomic mass is 10.2. The van der Waals surface area contributed by atoms with Crippen LogP contribution in [0.3, 0.4) is 0 Å². The molecular formula is C22H20N2O4S. The number of benzene rings is 3. The number of ether oxygens (including phenoxy) is 1. The van der Waals surface area contributed by atoms with E-state index in [1.54, 1.807) is 77.7 Å². The molecule has 0 saturated heterocycles. The SMILES string of the molecule is CCOc1ccc(NC(=O)CN2c3ccccc3S(=O)(=O)c3ccccc32)cc1. The quantitative estimate of drug-likeness (QED) is 0.690. The van der Waals surface area contributed by atoms with Gasteiger partial charge in [-0.2, -0.15) is 0 Å². The van der Waals surface area contributed by atoms with Gasteiger partial charge in [0.2, 0.25) is 15.7 Å². The average molecular weight is 408 g/mol. The highest BCUT2D eigenvalue weighted by atomic mass is 32.2. The number of anilines is 3. The second kappa shape index (κ2) is 7.60. The van der Waals surface area contributed by atoms with E-state index in [9.17, 15) is 13.2 Å². The Kier molecular flexibility index (Phi) is 4.98. The summed E-state index contributed by atoms with van der Waals surface area (Å²) in [5.74, 6) is 0.479. The number of hydrogen-bond donors (Lipinski definition) is 1. The molecule has 148 valence electrons. The van der Waals surface area contributed by atoms with Gasteiger partial charge >= 0.3 is 0 Å². The number of carbonyl (C=O) groups is 1. The predicted molar refractivity (Wildman–Crippen MR) is 112 cm³/mol. The summed E-state index contributed by atoms with van der Waals surface area (Å²) >= 11 is 0. The largest absolute Gasteiger partial charge is 0.494 e. The van der Waals surface area contributed by atoms with Gasteiger partial charge in [-0.3, -0.25) is 4.79 Å². The monoisotopic (exact) mass is 408 g/mol. The second-order valence-electron chi connectivity index (χ2n) is 6.53. The maximum absolute atomic E-state index is 13.0. The van der Waals surface area contributed by atoms with Gasteiger partial charge in [0.1, 0.15) is 12.3 Å². The number of carbonyl (C=O) groups excluding carboxylic acids is 1. The summed E-state index contributed by atoms with van der Waals surface area (Å²) in [4.78, 5) is 14.9. The maximum Gasteiger partial charge on any atom is 0.244 e. The number of rotatable bonds is 5. The van der Waals surface area contributed by atoms with Gasteiger partial charge in [-0.05, 0) is 55.5 Å². The van der Waals surface area contributed by atoms with E-state index in [4.69, 9.17) is 4.74 Å². The molecule has 1 amide bonds. The molecule has 0 saturated carbocycles. The lowest BCUT2D eigenvalue weighted by Gasteiger charge is -2.32. The fourth-order valence-corrected chi connectivity index (χ4v) is 5.04. The third-order valence-corrected chi connectivity index (χ3v) is 6.49. The fraction of sp³-hybridized carbons (Fsp3) is 0.136. The molecule has 1 N–H and O–H groups in total. The number of nitrogens with zero attached hydrogens (tertiary/aromatic N) is 1. The van der Waals surface area contributed by atoms with Crippen LogP contribution in [0.4, 0.5) is 17.1 Å². The van der Waals surface area contributed by atoms with E-state index in [0.29, 0.717) is 23.7 Å². The number of hydrogen-bond acceptors (Lipinski definition) is 5. The number of amides is 1. The molecule has 1 aliphatic rings. The van der Waals surface area contributed by atoms with Crippen molar-refractivity contribution in [2.45, 2.75) is 16.7 Å². The number of nitrogens with one attached hydrogen (secondary N) is 1. The zero-order chi connectivity index (χ0) is 20.4. The van der Waals surface area contributed by atoms with Crippen LogP contribution in [0.2, 0.25) is 0 Å². The molecule has 29 heavy (non-hydrogen) atoms. The highest BCUT2D eigenvalue weighted by Crippen LogP contribution is 2.43. The van der Waals surface area contributed by atoms with Crippen molar-refractivity contribution in [1.82, 2.24) is 0 Å². The van der Waals surface area contributed by atoms with Crippen molar-refractivity contribution in [2.24, 2.45) is 0 Å². The lowest BCUT2D eigenvalue weighted by molar-refractivity contribution is -0.114. The molecule has 0 fully saturated rings. The van der Waals surface area contributed by atoms with E-state index in [0.717, 1.165) is 5.75 Å². The van der Waals surface area contributed by atoms with E-state index in [1.807, 2.05) is 6.92 Å². The molecule has 3 aromatic carbocycles. The molecular weight excluding hydrogens is 388 g/mol. The molecule has 0 bridgehead atoms. The molecule has 0 spiro atoms. The minimum atomic E-state index is -3.63. The summed E-state index contributed by atoms with van der Waals surface area (Å²) in [5, 5.41) is 2.86. The van der Waals surface area contributed by atoms with Gasteiger partial charge in [0.15, 0.2) is 0 Å². The van der Waals surface area contributed by atoms with Crippen molar-refractivity contribution in [3.05, 3.63) is 72.8 Å². The Morgan fingerprint density at radius 2 is 1.45 bits per heavy atom. The van der Waals surface area contributed by atoms with Crippen molar-refractivity contribution >= 4 is 32.8 Å². The first-order valence-electron chi connectivity index (χ1n) is 9.24. The van der Waals surface area contributed by atoms with Gasteiger partial charge in [-0.25, -0.2) is 8.42 Å². The lowest BCUT2D eigenvalue weighted by Crippen LogP contribution is -2.33. The number of sulfone groups is 1. The van der Waals surface area contributed by atoms with Crippen molar-refractivity contribution in [1.29, 1.82) is 0 Å². The third-order valence-electron chi connectivity index (χ3n) is 4.64. The molecule has 0 aromatic heterocycles. The Balaban J connectivity index is 1.63. The van der Waals surface area contributed by atoms with Crippen molar-refractivity contribution in [3.8, 4) is 5.75 Å². The maximum atomic E-state index is 13.0. The van der Waals surface area contributed by atoms with Gasteiger partial charge in [0, 0.05) is 5.69 Å². The van der Waals surface area contributed by atoms with Crippen LogP contribution < -0.4 is 15.0 Å². The van der Waals surface area contributed by atoms with Crippen LogP contribution in [0, 0.1) is 0 Å². The molecule has 7 heteroatoms. The van der Waals surface area contributed by atoms with Crippen molar-refractivity contribution in [2.75, 3.05) is 23.4 Å². The van der Waals surface area contributed by atoms with Crippen LogP contribution in [-0.4, -0.2) is 27.5 Å². The molecule has 1 aliphatic heterocycles. The minimum Gasteiger partial charge on any atom is -0.494 e. The highest BCUT2D eigenvalue weighted by molar-refractivity contribution is 7.92. The zero-order valence-electron chi connectivity index (χ0n) is 15.8. The number of fused-ring (bicyclic) bond motifs is 2. The normalized spacial score (nSPS) is 13.9. The van der Waals surface area contributed by atoms with E-state index < -0.39 is 9.84 Å². The molecule has 6 nitrogen and oxygen atoms in total. The van der Waals surface area contributed by atoms with Gasteiger partial charge in [0.25, 0.3) is 0 Å². The minimum absolute atomic E-state index is 0.0171. The summed E-state index contributed by atoms with van der Waals surface area (Å²) in [5.41, 5.74) is 1.63. The summed E-state index contributed by atoms with van der Waals surface area (Å²) < 4.78 is 31.3. The predicted octanol–water partition coefficient (Wildman–Crippen LogP) is 4.01. The summed E-state index contributed by atoms with van der Waals surface area (Å²) in [7, 11) is -3.63. The van der Waals surface area contributed by atoms with E-state index in [2.05, 4.69) is 5.32 Å². The molecule has 0 aliphatic carbocycles. The summed E-state index contributed by atoms with van der Waals surface area (Å²) in [6, 6.07) is 20.6. The van der Waals surface area contributed by atoms with Crippen LogP contribution in [-0.2, 0) is 14.6 Å². The topological polar surface area (TPSA) is 75.7 Å². The molecule has 0 unspecified atom stereocenters. The van der Waals surface area contributed by atoms with E-state index in [1.165, 1.54) is 0 Å². The van der Waals surface area contributed by atoms with Crippen LogP contribution in [0.5, 0.6) is 5.75 Å². The van der Waals surface area contributed by atoms with Crippen LogP contribution >= 0.6 is 0 Å². The molecule has 1 heterocycles.